The van der Waals surface area contributed by atoms with E-state index in [1.807, 2.05) is 18.2 Å². The molecule has 1 saturated heterocycles. The van der Waals surface area contributed by atoms with Crippen molar-refractivity contribution >= 4 is 40.8 Å². The number of piperidine rings is 1. The Bertz CT molecular complexity index is 1220. The Morgan fingerprint density at radius 2 is 1.80 bits per heavy atom. The van der Waals surface area contributed by atoms with Crippen LogP contribution in [-0.4, -0.2) is 28.4 Å². The molecule has 30 heavy (non-hydrogen) atoms. The number of halogens is 1. The van der Waals surface area contributed by atoms with E-state index in [4.69, 9.17) is 10.7 Å². The molecule has 2 N–H and O–H groups in total. The highest BCUT2D eigenvalue weighted by Gasteiger charge is 2.44. The predicted molar refractivity (Wildman–Crippen MR) is 118 cm³/mol. The average molecular weight is 422 g/mol. The Kier molecular flexibility index (Phi) is 4.41. The molecule has 2 aliphatic carbocycles. The van der Waals surface area contributed by atoms with E-state index in [0.29, 0.717) is 23.0 Å². The van der Waals surface area contributed by atoms with Gasteiger partial charge in [-0.05, 0) is 61.6 Å². The van der Waals surface area contributed by atoms with Crippen LogP contribution in [0, 0.1) is 17.2 Å². The van der Waals surface area contributed by atoms with Crippen LogP contribution < -0.4 is 10.6 Å². The van der Waals surface area contributed by atoms with E-state index in [1.165, 1.54) is 17.8 Å². The minimum atomic E-state index is -0.371. The molecule has 1 aliphatic heterocycles. The van der Waals surface area contributed by atoms with E-state index in [2.05, 4.69) is 21.4 Å². The third kappa shape index (κ3) is 2.48. The molecule has 1 amide bonds. The summed E-state index contributed by atoms with van der Waals surface area (Å²) >= 11 is 0. The number of benzene rings is 1. The Labute approximate surface area is 181 Å². The number of amides is 1. The molecule has 1 saturated carbocycles. The minimum Gasteiger partial charge on any atom is -0.365 e. The molecule has 7 heteroatoms. The van der Waals surface area contributed by atoms with Crippen LogP contribution in [0.5, 0.6) is 0 Å². The normalized spacial score (nSPS) is 22.8. The van der Waals surface area contributed by atoms with E-state index in [-0.39, 0.29) is 24.2 Å². The van der Waals surface area contributed by atoms with Crippen LogP contribution in [0.25, 0.3) is 16.7 Å². The molecule has 2 bridgehead atoms. The van der Waals surface area contributed by atoms with Crippen molar-refractivity contribution in [3.05, 3.63) is 41.0 Å². The zero-order chi connectivity index (χ0) is 19.7. The number of hydrogen-bond acceptors (Lipinski definition) is 4. The molecule has 0 spiro atoms. The number of carbonyl (C=O) groups excluding carboxylic acids is 1. The van der Waals surface area contributed by atoms with Crippen molar-refractivity contribution in [1.82, 2.24) is 9.38 Å². The second kappa shape index (κ2) is 6.88. The van der Waals surface area contributed by atoms with Crippen molar-refractivity contribution in [2.45, 2.75) is 43.9 Å². The van der Waals surface area contributed by atoms with Crippen molar-refractivity contribution in [2.24, 2.45) is 11.7 Å². The van der Waals surface area contributed by atoms with Gasteiger partial charge < -0.3 is 10.6 Å². The van der Waals surface area contributed by atoms with Gasteiger partial charge in [0.05, 0.1) is 22.7 Å². The van der Waals surface area contributed by atoms with E-state index in [1.54, 1.807) is 0 Å². The topological polar surface area (TPSA) is 87.4 Å². The van der Waals surface area contributed by atoms with E-state index in [9.17, 15) is 10.1 Å². The first-order valence-corrected chi connectivity index (χ1v) is 10.6. The smallest absolute Gasteiger partial charge is 0.252 e. The molecule has 2 unspecified atom stereocenters. The molecule has 6 rings (SSSR count). The monoisotopic (exact) mass is 421 g/mol. The van der Waals surface area contributed by atoms with Crippen LogP contribution in [0.15, 0.2) is 24.3 Å². The number of rotatable bonds is 2. The van der Waals surface area contributed by atoms with Crippen molar-refractivity contribution in [2.75, 3.05) is 18.0 Å². The number of imidazole rings is 1. The number of carbonyl (C=O) groups is 1. The fourth-order valence-corrected chi connectivity index (χ4v) is 6.01. The molecular weight excluding hydrogens is 398 g/mol. The van der Waals surface area contributed by atoms with Gasteiger partial charge in [0, 0.05) is 24.6 Å². The zero-order valence-corrected chi connectivity index (χ0v) is 17.5. The summed E-state index contributed by atoms with van der Waals surface area (Å²) in [6.07, 6.45) is 5.18. The summed E-state index contributed by atoms with van der Waals surface area (Å²) in [7, 11) is 0. The number of fused-ring (bicyclic) bond motifs is 8. The Morgan fingerprint density at radius 1 is 1.10 bits per heavy atom. The van der Waals surface area contributed by atoms with Gasteiger partial charge in [-0.3, -0.25) is 9.20 Å². The van der Waals surface area contributed by atoms with Crippen LogP contribution >= 0.6 is 12.4 Å². The van der Waals surface area contributed by atoms with Crippen LogP contribution in [-0.2, 0) is 0 Å². The predicted octanol–water partition coefficient (Wildman–Crippen LogP) is 4.11. The highest BCUT2D eigenvalue weighted by Crippen LogP contribution is 2.58. The lowest BCUT2D eigenvalue weighted by molar-refractivity contribution is 0.1000. The van der Waals surface area contributed by atoms with Gasteiger partial charge in [-0.15, -0.1) is 12.4 Å². The van der Waals surface area contributed by atoms with E-state index >= 15 is 0 Å². The van der Waals surface area contributed by atoms with Crippen LogP contribution in [0.3, 0.4) is 0 Å². The molecule has 0 radical (unpaired) electrons. The number of pyridine rings is 1. The molecule has 1 aromatic carbocycles. The molecular formula is C23H24ClN5O. The third-order valence-corrected chi connectivity index (χ3v) is 7.27. The molecule has 6 nitrogen and oxygen atoms in total. The highest BCUT2D eigenvalue weighted by molar-refractivity contribution is 6.04. The molecule has 2 aromatic heterocycles. The maximum absolute atomic E-state index is 12.6. The third-order valence-electron chi connectivity index (χ3n) is 7.27. The van der Waals surface area contributed by atoms with Crippen molar-refractivity contribution in [3.63, 3.8) is 0 Å². The summed E-state index contributed by atoms with van der Waals surface area (Å²) in [6, 6.07) is 10.5. The zero-order valence-electron chi connectivity index (χ0n) is 16.7. The summed E-state index contributed by atoms with van der Waals surface area (Å²) in [5.41, 5.74) is 11.6. The van der Waals surface area contributed by atoms with Crippen LogP contribution in [0.4, 0.5) is 5.82 Å². The first-order chi connectivity index (χ1) is 14.2. The fourth-order valence-electron chi connectivity index (χ4n) is 6.01. The van der Waals surface area contributed by atoms with Gasteiger partial charge in [0.25, 0.3) is 5.91 Å². The van der Waals surface area contributed by atoms with Crippen molar-refractivity contribution in [1.29, 1.82) is 5.26 Å². The lowest BCUT2D eigenvalue weighted by Gasteiger charge is -2.35. The molecule has 2 fully saturated rings. The van der Waals surface area contributed by atoms with Gasteiger partial charge in [-0.25, -0.2) is 4.98 Å². The second-order valence-corrected chi connectivity index (χ2v) is 8.75. The summed E-state index contributed by atoms with van der Waals surface area (Å²) in [5.74, 6) is 1.86. The number of para-hydroxylation sites is 2. The molecule has 3 aromatic rings. The van der Waals surface area contributed by atoms with Gasteiger partial charge in [0.1, 0.15) is 5.82 Å². The quantitative estimate of drug-likeness (QED) is 0.674. The standard InChI is InChI=1S/C23H23N5O.ClH/c24-12-13-7-9-27(10-8-13)23-19-15-6-5-14(11-15)18(19)20(21(25)29)22-26-16-3-1-2-4-17(16)28(22)23;/h1-4,13-15H,5-11H2,(H2,25,29);1H. The van der Waals surface area contributed by atoms with E-state index in [0.717, 1.165) is 55.4 Å². The lowest BCUT2D eigenvalue weighted by Crippen LogP contribution is -2.36. The number of aromatic nitrogens is 2. The average Bonchev–Trinajstić information content (AvgIpc) is 3.45. The van der Waals surface area contributed by atoms with Gasteiger partial charge >= 0.3 is 0 Å². The second-order valence-electron chi connectivity index (χ2n) is 8.75. The van der Waals surface area contributed by atoms with Gasteiger partial charge in [-0.1, -0.05) is 12.1 Å². The minimum absolute atomic E-state index is 0. The summed E-state index contributed by atoms with van der Waals surface area (Å²) in [5, 5.41) is 9.33. The Hall–Kier alpha value is -2.78. The maximum atomic E-state index is 12.6. The first-order valence-electron chi connectivity index (χ1n) is 10.6. The number of primary amides is 1. The van der Waals surface area contributed by atoms with Crippen LogP contribution in [0.2, 0.25) is 0 Å². The molecule has 154 valence electrons. The van der Waals surface area contributed by atoms with Crippen molar-refractivity contribution < 1.29 is 4.79 Å². The Morgan fingerprint density at radius 3 is 2.50 bits per heavy atom. The first kappa shape index (κ1) is 19.2. The van der Waals surface area contributed by atoms with Gasteiger partial charge in [-0.2, -0.15) is 5.26 Å². The lowest BCUT2D eigenvalue weighted by atomic mass is 9.87. The maximum Gasteiger partial charge on any atom is 0.252 e. The molecule has 3 aliphatic rings. The number of anilines is 1. The SMILES string of the molecule is Cl.N#CC1CCN(c2c3c(c(C(N)=O)c4nc5ccccc5n24)C2CCC3C2)CC1. The summed E-state index contributed by atoms with van der Waals surface area (Å²) < 4.78 is 2.18. The van der Waals surface area contributed by atoms with Crippen molar-refractivity contribution in [3.8, 4) is 6.07 Å². The largest absolute Gasteiger partial charge is 0.365 e. The number of nitriles is 1. The number of nitrogens with two attached hydrogens (primary N) is 1. The van der Waals surface area contributed by atoms with E-state index < -0.39 is 0 Å². The Balaban J connectivity index is 0.00000193. The number of hydrogen-bond donors (Lipinski definition) is 1. The molecule has 2 atom stereocenters. The fraction of sp³-hybridized carbons (Fsp3) is 0.435. The van der Waals surface area contributed by atoms with Gasteiger partial charge in [0.15, 0.2) is 5.65 Å². The summed E-state index contributed by atoms with van der Waals surface area (Å²) in [4.78, 5) is 19.9. The molecule has 3 heterocycles. The summed E-state index contributed by atoms with van der Waals surface area (Å²) in [6.45, 7) is 1.72. The highest BCUT2D eigenvalue weighted by atomic mass is 35.5. The number of nitrogens with zero attached hydrogens (tertiary/aromatic N) is 4. The van der Waals surface area contributed by atoms with Crippen LogP contribution in [0.1, 0.15) is 65.4 Å². The van der Waals surface area contributed by atoms with Gasteiger partial charge in [0.2, 0.25) is 0 Å².